The number of aryl methyl sites for hydroxylation is 3. The highest BCUT2D eigenvalue weighted by Gasteiger charge is 2.25. The van der Waals surface area contributed by atoms with Gasteiger partial charge in [0.25, 0.3) is 15.9 Å². The Balaban J connectivity index is 1.34. The maximum absolute atomic E-state index is 13.4. The number of anilines is 1. The van der Waals surface area contributed by atoms with Crippen LogP contribution in [0.25, 0.3) is 0 Å². The Labute approximate surface area is 227 Å². The first kappa shape index (κ1) is 27.9. The summed E-state index contributed by atoms with van der Waals surface area (Å²) < 4.78 is 28.9. The zero-order valence-corrected chi connectivity index (χ0v) is 23.3. The Hall–Kier alpha value is -3.16. The van der Waals surface area contributed by atoms with E-state index < -0.39 is 10.0 Å². The maximum atomic E-state index is 13.4. The average molecular weight is 534 g/mol. The molecule has 3 aromatic carbocycles. The SMILES string of the molecule is CCCCc1ccc(NS(=O)(=O)c2ccc(C)c(C(=O)N3CCN(CCCc4ccccc4)CC3)c2)cc1. The topological polar surface area (TPSA) is 69.7 Å². The molecule has 1 fully saturated rings. The minimum absolute atomic E-state index is 0.0982. The molecule has 0 radical (unpaired) electrons. The Bertz CT molecular complexity index is 1300. The van der Waals surface area contributed by atoms with Crippen molar-refractivity contribution >= 4 is 21.6 Å². The summed E-state index contributed by atoms with van der Waals surface area (Å²) in [6.45, 7) is 7.95. The van der Waals surface area contributed by atoms with Crippen LogP contribution in [0.15, 0.2) is 77.7 Å². The van der Waals surface area contributed by atoms with Crippen LogP contribution < -0.4 is 4.72 Å². The van der Waals surface area contributed by atoms with Gasteiger partial charge < -0.3 is 4.90 Å². The first-order valence-electron chi connectivity index (χ1n) is 13.6. The van der Waals surface area contributed by atoms with Gasteiger partial charge in [-0.05, 0) is 80.1 Å². The first-order chi connectivity index (χ1) is 18.4. The van der Waals surface area contributed by atoms with Crippen molar-refractivity contribution in [2.75, 3.05) is 37.4 Å². The molecule has 202 valence electrons. The molecule has 1 saturated heterocycles. The highest BCUT2D eigenvalue weighted by Crippen LogP contribution is 2.22. The molecule has 0 spiro atoms. The molecule has 0 aromatic heterocycles. The fourth-order valence-electron chi connectivity index (χ4n) is 4.83. The number of amides is 1. The predicted molar refractivity (Wildman–Crippen MR) is 154 cm³/mol. The standard InChI is InChI=1S/C31H39N3O3S/c1-3-4-9-27-14-16-28(17-15-27)32-38(36,37)29-18-13-25(2)30(24-29)31(35)34-22-20-33(21-23-34)19-8-12-26-10-6-5-7-11-26/h5-7,10-11,13-18,24,32H,3-4,8-9,12,19-23H2,1-2H3. The van der Waals surface area contributed by atoms with Gasteiger partial charge in [0.15, 0.2) is 0 Å². The number of nitrogens with zero attached hydrogens (tertiary/aromatic N) is 2. The number of rotatable bonds is 11. The van der Waals surface area contributed by atoms with E-state index in [1.165, 1.54) is 17.2 Å². The molecule has 3 aromatic rings. The lowest BCUT2D eigenvalue weighted by atomic mass is 10.1. The molecule has 0 atom stereocenters. The third kappa shape index (κ3) is 7.45. The number of carbonyl (C=O) groups excluding carboxylic acids is 1. The van der Waals surface area contributed by atoms with Crippen molar-refractivity contribution in [1.82, 2.24) is 9.80 Å². The van der Waals surface area contributed by atoms with Crippen molar-refractivity contribution in [1.29, 1.82) is 0 Å². The fourth-order valence-corrected chi connectivity index (χ4v) is 5.91. The number of benzene rings is 3. The van der Waals surface area contributed by atoms with E-state index in [4.69, 9.17) is 0 Å². The number of unbranched alkanes of at least 4 members (excludes halogenated alkanes) is 1. The molecule has 0 unspecified atom stereocenters. The van der Waals surface area contributed by atoms with Gasteiger partial charge in [-0.2, -0.15) is 0 Å². The molecule has 4 rings (SSSR count). The van der Waals surface area contributed by atoms with Gasteiger partial charge in [-0.3, -0.25) is 14.4 Å². The van der Waals surface area contributed by atoms with Crippen molar-refractivity contribution in [3.05, 3.63) is 95.1 Å². The minimum Gasteiger partial charge on any atom is -0.336 e. The van der Waals surface area contributed by atoms with Gasteiger partial charge >= 0.3 is 0 Å². The molecule has 1 amide bonds. The maximum Gasteiger partial charge on any atom is 0.261 e. The number of hydrogen-bond donors (Lipinski definition) is 1. The summed E-state index contributed by atoms with van der Waals surface area (Å²) in [6, 6.07) is 22.8. The van der Waals surface area contributed by atoms with Crippen molar-refractivity contribution in [3.8, 4) is 0 Å². The largest absolute Gasteiger partial charge is 0.336 e. The van der Waals surface area contributed by atoms with Crippen molar-refractivity contribution < 1.29 is 13.2 Å². The number of nitrogens with one attached hydrogen (secondary N) is 1. The fraction of sp³-hybridized carbons (Fsp3) is 0.387. The third-order valence-corrected chi connectivity index (χ3v) is 8.60. The van der Waals surface area contributed by atoms with E-state index in [2.05, 4.69) is 40.8 Å². The number of sulfonamides is 1. The average Bonchev–Trinajstić information content (AvgIpc) is 2.93. The second kappa shape index (κ2) is 13.1. The molecule has 1 heterocycles. The summed E-state index contributed by atoms with van der Waals surface area (Å²) in [6.07, 6.45) is 5.35. The van der Waals surface area contributed by atoms with E-state index in [1.54, 1.807) is 24.3 Å². The Morgan fingerprint density at radius 1 is 0.842 bits per heavy atom. The van der Waals surface area contributed by atoms with Gasteiger partial charge in [0.2, 0.25) is 0 Å². The number of hydrogen-bond acceptors (Lipinski definition) is 4. The van der Waals surface area contributed by atoms with Gasteiger partial charge in [0.1, 0.15) is 0 Å². The molecule has 0 aliphatic carbocycles. The molecule has 0 bridgehead atoms. The molecule has 1 aliphatic rings. The van der Waals surface area contributed by atoms with Gasteiger partial charge in [-0.25, -0.2) is 8.42 Å². The zero-order chi connectivity index (χ0) is 27.0. The van der Waals surface area contributed by atoms with Crippen LogP contribution in [0.1, 0.15) is 53.2 Å². The van der Waals surface area contributed by atoms with Crippen molar-refractivity contribution in [3.63, 3.8) is 0 Å². The van der Waals surface area contributed by atoms with Gasteiger partial charge in [-0.1, -0.05) is 61.9 Å². The summed E-state index contributed by atoms with van der Waals surface area (Å²) in [4.78, 5) is 17.7. The number of carbonyl (C=O) groups is 1. The molecule has 1 aliphatic heterocycles. The van der Waals surface area contributed by atoms with Gasteiger partial charge in [0, 0.05) is 37.4 Å². The quantitative estimate of drug-likeness (QED) is 0.352. The number of piperazine rings is 1. The lowest BCUT2D eigenvalue weighted by Gasteiger charge is -2.35. The second-order valence-electron chi connectivity index (χ2n) is 10.1. The lowest BCUT2D eigenvalue weighted by molar-refractivity contribution is 0.0635. The molecule has 7 heteroatoms. The van der Waals surface area contributed by atoms with Crippen LogP contribution in [0, 0.1) is 6.92 Å². The normalized spacial score (nSPS) is 14.4. The molecule has 38 heavy (non-hydrogen) atoms. The highest BCUT2D eigenvalue weighted by atomic mass is 32.2. The van der Waals surface area contributed by atoms with E-state index >= 15 is 0 Å². The smallest absolute Gasteiger partial charge is 0.261 e. The van der Waals surface area contributed by atoms with Gasteiger partial charge in [-0.15, -0.1) is 0 Å². The summed E-state index contributed by atoms with van der Waals surface area (Å²) in [5, 5.41) is 0. The summed E-state index contributed by atoms with van der Waals surface area (Å²) in [5.74, 6) is -0.108. The zero-order valence-electron chi connectivity index (χ0n) is 22.5. The lowest BCUT2D eigenvalue weighted by Crippen LogP contribution is -2.49. The summed E-state index contributed by atoms with van der Waals surface area (Å²) in [5.41, 5.74) is 4.28. The Morgan fingerprint density at radius 3 is 2.18 bits per heavy atom. The van der Waals surface area contributed by atoms with Crippen LogP contribution in [-0.2, 0) is 22.9 Å². The third-order valence-electron chi connectivity index (χ3n) is 7.22. The van der Waals surface area contributed by atoms with Crippen LogP contribution in [0.2, 0.25) is 0 Å². The first-order valence-corrected chi connectivity index (χ1v) is 15.1. The van der Waals surface area contributed by atoms with Crippen LogP contribution in [0.4, 0.5) is 5.69 Å². The molecule has 0 saturated carbocycles. The summed E-state index contributed by atoms with van der Waals surface area (Å²) >= 11 is 0. The van der Waals surface area contributed by atoms with E-state index in [-0.39, 0.29) is 10.8 Å². The molecule has 1 N–H and O–H groups in total. The van der Waals surface area contributed by atoms with E-state index in [0.29, 0.717) is 24.3 Å². The molecular weight excluding hydrogens is 494 g/mol. The predicted octanol–water partition coefficient (Wildman–Crippen LogP) is 5.53. The van der Waals surface area contributed by atoms with Gasteiger partial charge in [0.05, 0.1) is 4.90 Å². The van der Waals surface area contributed by atoms with Crippen molar-refractivity contribution in [2.45, 2.75) is 50.8 Å². The van der Waals surface area contributed by atoms with E-state index in [1.807, 2.05) is 30.0 Å². The van der Waals surface area contributed by atoms with Crippen LogP contribution in [0.3, 0.4) is 0 Å². The van der Waals surface area contributed by atoms with E-state index in [0.717, 1.165) is 57.3 Å². The molecule has 6 nitrogen and oxygen atoms in total. The monoisotopic (exact) mass is 533 g/mol. The molecular formula is C31H39N3O3S. The Kier molecular flexibility index (Phi) is 9.58. The second-order valence-corrected chi connectivity index (χ2v) is 11.8. The van der Waals surface area contributed by atoms with Crippen molar-refractivity contribution in [2.24, 2.45) is 0 Å². The minimum atomic E-state index is -3.82. The van der Waals surface area contributed by atoms with Crippen LogP contribution in [-0.4, -0.2) is 56.8 Å². The van der Waals surface area contributed by atoms with Crippen LogP contribution >= 0.6 is 0 Å². The van der Waals surface area contributed by atoms with E-state index in [9.17, 15) is 13.2 Å². The summed E-state index contributed by atoms with van der Waals surface area (Å²) in [7, 11) is -3.82. The highest BCUT2D eigenvalue weighted by molar-refractivity contribution is 7.92. The van der Waals surface area contributed by atoms with Crippen LogP contribution in [0.5, 0.6) is 0 Å². The Morgan fingerprint density at radius 2 is 1.50 bits per heavy atom.